The molecule has 0 bridgehead atoms. The second-order valence-corrected chi connectivity index (χ2v) is 40.0. The maximum absolute atomic E-state index is 12.5. The Labute approximate surface area is 877 Å². The Kier molecular flexibility index (Phi) is 35.1. The number of carboxylic acid groups (broad SMARTS) is 1. The first-order valence-corrected chi connectivity index (χ1v) is 50.4. The molecule has 22 rings (SSSR count). The van der Waals surface area contributed by atoms with Crippen LogP contribution in [0.3, 0.4) is 0 Å². The van der Waals surface area contributed by atoms with Crippen molar-refractivity contribution in [1.82, 2.24) is 143 Å². The van der Waals surface area contributed by atoms with Gasteiger partial charge in [0.2, 0.25) is 27.7 Å². The number of hydrogen-bond acceptors (Lipinski definition) is 34. The number of ether oxygens (including phenoxy) is 3. The summed E-state index contributed by atoms with van der Waals surface area (Å²) in [5, 5.41) is 62.8. The number of aliphatic carboxylic acids is 1. The maximum Gasteiger partial charge on any atom is 0.490 e. The molecule has 1 saturated carbocycles. The zero-order valence-electron chi connectivity index (χ0n) is 82.5. The molecule has 17 heterocycles. The number of aliphatic hydroxyl groups excluding tert-OH is 2. The van der Waals surface area contributed by atoms with E-state index in [1.54, 1.807) is 81.2 Å². The summed E-state index contributed by atoms with van der Waals surface area (Å²) in [4.78, 5) is 64.3. The molecule has 0 radical (unpaired) electrons. The first-order valence-electron chi connectivity index (χ1n) is 46.8. The molecule has 1 aliphatic heterocycles. The van der Waals surface area contributed by atoms with Gasteiger partial charge in [-0.05, 0) is 266 Å². The van der Waals surface area contributed by atoms with E-state index >= 15 is 0 Å². The zero-order valence-corrected chi connectivity index (χ0v) is 87.7. The minimum atomic E-state index is -6.33. The van der Waals surface area contributed by atoms with Crippen molar-refractivity contribution in [2.75, 3.05) is 16.4 Å². The minimum Gasteiger partial charge on any atom is -0.476 e. The Hall–Kier alpha value is -12.9. The van der Waals surface area contributed by atoms with Crippen molar-refractivity contribution in [2.45, 2.75) is 224 Å². The average Bonchev–Trinajstić information content (AvgIpc) is 1.63. The van der Waals surface area contributed by atoms with Crippen molar-refractivity contribution in [2.24, 2.45) is 35.2 Å². The third kappa shape index (κ3) is 26.6. The number of hydrogen-bond donors (Lipinski definition) is 6. The normalized spacial score (nSPS) is 18.7. The molecule has 16 aromatic rings. The van der Waals surface area contributed by atoms with Crippen LogP contribution in [-0.2, 0) is 73.8 Å². The fourth-order valence-electron chi connectivity index (χ4n) is 16.9. The van der Waals surface area contributed by atoms with E-state index in [-0.39, 0.29) is 52.3 Å². The quantitative estimate of drug-likeness (QED) is 0.0162. The van der Waals surface area contributed by atoms with Gasteiger partial charge in [0.15, 0.2) is 16.9 Å². The first kappa shape index (κ1) is 111. The van der Waals surface area contributed by atoms with Crippen LogP contribution in [0.15, 0.2) is 117 Å². The van der Waals surface area contributed by atoms with Crippen LogP contribution < -0.4 is 16.4 Å². The molecule has 4 atom stereocenters. The molecule has 150 heavy (non-hydrogen) atoms. The van der Waals surface area contributed by atoms with Gasteiger partial charge in [0.25, 0.3) is 0 Å². The lowest BCUT2D eigenvalue weighted by molar-refractivity contribution is -0.170. The first-order chi connectivity index (χ1) is 71.1. The fraction of sp³-hybridized carbons (Fsp3) is 0.435. The number of carboxylic acids is 1. The van der Waals surface area contributed by atoms with Gasteiger partial charge in [-0.1, -0.05) is 28.2 Å². The van der Waals surface area contributed by atoms with Gasteiger partial charge in [0.05, 0.1) is 114 Å². The van der Waals surface area contributed by atoms with Gasteiger partial charge in [-0.15, -0.1) is 0 Å². The van der Waals surface area contributed by atoms with E-state index in [1.807, 2.05) is 97.8 Å². The predicted octanol–water partition coefficient (Wildman–Crippen LogP) is 16.8. The SMILES string of the molecule is CC1(C)OB(C2=CCC(O)CC2)OC1(C)C.Cc1cc2ncnn2cc1N.Cc1cc2ncnn2cc1Nc1ncc2c(n1)c(C1=CCC(OC(F)F)CC1)nn2C.Cc1cc2ncnn2cc1Nc1ncc2c(n1)c(C1CCC(OC(F)F)CC1)nn2C.Cn1nc(C2=CCC(O)CC2)c2nc(Cl)ncc21.Cn1nc(C2=CCC(OC(F)F)CC2)c2nc(Cl)ncc21.Cn1nc(I)c2nc(Cl)ncc21.O=C(O)C(F)(F)S(=O)(=O)F. The monoisotopic (exact) mass is 2280 g/mol. The lowest BCUT2D eigenvalue weighted by Gasteiger charge is -2.32. The number of nitrogens with zero attached hydrogens (tertiary/aromatic N) is 29. The Bertz CT molecular complexity index is 7810. The highest BCUT2D eigenvalue weighted by atomic mass is 127. The molecule has 0 aromatic carbocycles. The number of pyridine rings is 3. The molecule has 796 valence electrons. The number of allylic oxidation sites excluding steroid dienone is 4. The summed E-state index contributed by atoms with van der Waals surface area (Å²) in [6, 6.07) is 5.76. The number of aryl methyl sites for hydroxylation is 8. The molecule has 7 N–H and O–H groups in total. The standard InChI is InChI=1S/C20H22F2N8O.C20H20F2N8O.C13H13ClF2N4O.C12H21BO3.C12H13ClN4O.C7H8N4.C6H4ClIN4.C2HF3O4S/c2*1-11-7-16-24-10-25-30(16)9-14(11)26-20-23-8-15-18(27-20)17(28-29(15)2)12-3-5-13(6-4-12)31-19(21)22;1-20-9-6-17-12(14)18-11(9)10(19-20)7-2-4-8(5-3-7)21-13(15)16;1-11(2)12(3,4)16-13(15-11)9-5-7-10(14)8-6-9;1-17-9-6-14-12(13)15-11(9)10(16-17)7-2-4-8(18)5-3-7;1-5-2-7-9-4-10-11(7)3-6(5)8;1-12-3-2-9-6(7)10-4(3)5(8)11-12;3-2(4,1(6)7)10(5,8)9/h7-10,12-13,19H,3-6H2,1-2H3,(H,23,26,27);3,7-10,13,19H,4-6H2,1-2H3,(H,23,26,27);2,6,8,13H,3-5H2,1H3;5,10,14H,6-8H2,1-4H3;2,6,8,18H,3-5H2,1H3;2-4H,8H2,1H3;2H,1H3;(H,6,7). The van der Waals surface area contributed by atoms with E-state index in [9.17, 15) is 62.4 Å². The van der Waals surface area contributed by atoms with Gasteiger partial charge >= 0.3 is 48.4 Å². The minimum absolute atomic E-state index is 0.150. The molecule has 4 unspecified atom stereocenters. The number of alkyl halides is 8. The summed E-state index contributed by atoms with van der Waals surface area (Å²) >= 11 is 19.4. The Morgan fingerprint density at radius 1 is 0.493 bits per heavy atom. The lowest BCUT2D eigenvalue weighted by Crippen LogP contribution is -2.41. The molecule has 16 aromatic heterocycles. The summed E-state index contributed by atoms with van der Waals surface area (Å²) in [5.74, 6) is -1.99. The number of halogens is 13. The number of nitrogens with two attached hydrogens (primary N) is 1. The highest BCUT2D eigenvalue weighted by Crippen LogP contribution is 2.43. The van der Waals surface area contributed by atoms with Gasteiger partial charge in [-0.3, -0.25) is 23.4 Å². The second-order valence-electron chi connectivity index (χ2n) is 36.5. The van der Waals surface area contributed by atoms with Gasteiger partial charge in [-0.2, -0.15) is 84.3 Å². The van der Waals surface area contributed by atoms with E-state index in [2.05, 4.69) is 177 Å². The highest BCUT2D eigenvalue weighted by Gasteiger charge is 2.55. The van der Waals surface area contributed by atoms with E-state index in [0.717, 1.165) is 183 Å². The van der Waals surface area contributed by atoms with E-state index in [4.69, 9.17) is 64.9 Å². The number of rotatable bonds is 17. The third-order valence-corrected chi connectivity index (χ3v) is 27.8. The van der Waals surface area contributed by atoms with Gasteiger partial charge in [0, 0.05) is 41.2 Å². The second kappa shape index (κ2) is 47.4. The van der Waals surface area contributed by atoms with Crippen molar-refractivity contribution in [3.05, 3.63) is 176 Å². The van der Waals surface area contributed by atoms with Gasteiger partial charge < -0.3 is 55.2 Å². The summed E-state index contributed by atoms with van der Waals surface area (Å²) < 4.78 is 168. The maximum atomic E-state index is 12.5. The number of aromatic nitrogens is 29. The number of nitrogen functional groups attached to an aromatic ring is 1. The summed E-state index contributed by atoms with van der Waals surface area (Å²) in [7, 11) is 2.64. The molecular formula is C92H102BCl3F9IN32O11S. The Morgan fingerprint density at radius 2 is 0.860 bits per heavy atom. The Balaban J connectivity index is 0.000000132. The van der Waals surface area contributed by atoms with E-state index < -0.39 is 59.6 Å². The highest BCUT2D eigenvalue weighted by molar-refractivity contribution is 14.1. The largest absolute Gasteiger partial charge is 0.490 e. The predicted molar refractivity (Wildman–Crippen MR) is 545 cm³/mol. The fourth-order valence-corrected chi connectivity index (χ4v) is 18.3. The number of carbonyl (C=O) groups is 1. The molecule has 58 heteroatoms. The lowest BCUT2D eigenvalue weighted by atomic mass is 9.72. The van der Waals surface area contributed by atoms with E-state index in [0.29, 0.717) is 80.7 Å². The van der Waals surface area contributed by atoms with E-state index in [1.165, 1.54) is 24.5 Å². The summed E-state index contributed by atoms with van der Waals surface area (Å²) in [6.45, 7) is 5.93. The van der Waals surface area contributed by atoms with Crippen molar-refractivity contribution in [3.8, 4) is 0 Å². The van der Waals surface area contributed by atoms with Crippen LogP contribution >= 0.6 is 57.4 Å². The molecular weight excluding hydrogens is 2180 g/mol. The van der Waals surface area contributed by atoms with Crippen LogP contribution in [0.5, 0.6) is 0 Å². The van der Waals surface area contributed by atoms with Gasteiger partial charge in [-0.25, -0.2) is 83.1 Å². The van der Waals surface area contributed by atoms with Crippen LogP contribution in [0.25, 0.3) is 88.8 Å². The molecule has 5 aliphatic carbocycles. The summed E-state index contributed by atoms with van der Waals surface area (Å²) in [5.41, 5.74) is 28.2. The van der Waals surface area contributed by atoms with Crippen LogP contribution in [-0.4, -0.2) is 246 Å². The number of aliphatic hydroxyl groups is 2. The Morgan fingerprint density at radius 3 is 1.26 bits per heavy atom. The average molecular weight is 2280 g/mol. The smallest absolute Gasteiger partial charge is 0.476 e. The van der Waals surface area contributed by atoms with Crippen LogP contribution in [0.2, 0.25) is 15.9 Å². The molecule has 2 fully saturated rings. The van der Waals surface area contributed by atoms with Gasteiger partial charge in [0.1, 0.15) is 94.9 Å². The number of fused-ring (bicyclic) bond motifs is 8. The molecule has 1 saturated heterocycles. The summed E-state index contributed by atoms with van der Waals surface area (Å²) in [6.07, 6.45) is 35.0. The topological polar surface area (TPSA) is 517 Å². The van der Waals surface area contributed by atoms with Crippen molar-refractivity contribution in [1.29, 1.82) is 0 Å². The molecule has 0 amide bonds. The molecule has 0 spiro atoms. The molecule has 6 aliphatic rings. The van der Waals surface area contributed by atoms with Crippen molar-refractivity contribution >= 4 is 198 Å². The third-order valence-electron chi connectivity index (χ3n) is 25.8. The van der Waals surface area contributed by atoms with Crippen molar-refractivity contribution in [3.63, 3.8) is 0 Å². The van der Waals surface area contributed by atoms with Crippen molar-refractivity contribution < 1.29 is 91.1 Å². The number of nitrogens with one attached hydrogen (secondary N) is 2. The van der Waals surface area contributed by atoms with Crippen LogP contribution in [0.4, 0.5) is 68.0 Å². The number of anilines is 5. The van der Waals surface area contributed by atoms with Crippen LogP contribution in [0, 0.1) is 24.5 Å². The molecule has 43 nitrogen and oxygen atoms in total. The zero-order chi connectivity index (χ0) is 108. The van der Waals surface area contributed by atoms with Crippen LogP contribution in [0.1, 0.15) is 176 Å².